The number of carbonyl (C=O) groups is 1. The molecule has 19 heavy (non-hydrogen) atoms. The third-order valence-corrected chi connectivity index (χ3v) is 4.79. The Morgan fingerprint density at radius 1 is 1.26 bits per heavy atom. The average Bonchev–Trinajstić information content (AvgIpc) is 2.48. The molecule has 1 aliphatic carbocycles. The highest BCUT2D eigenvalue weighted by atomic mass is 16.2. The Morgan fingerprint density at radius 2 is 1.95 bits per heavy atom. The van der Waals surface area contributed by atoms with Crippen LogP contribution in [-0.4, -0.2) is 30.4 Å². The van der Waals surface area contributed by atoms with E-state index in [4.69, 9.17) is 5.73 Å². The van der Waals surface area contributed by atoms with E-state index in [1.54, 1.807) is 0 Å². The molecule has 1 aliphatic rings. The molecule has 2 unspecified atom stereocenters. The Balaban J connectivity index is 2.56. The molecular formula is C16H32N2O. The molecule has 0 aromatic heterocycles. The van der Waals surface area contributed by atoms with Crippen molar-refractivity contribution in [1.82, 2.24) is 4.90 Å². The van der Waals surface area contributed by atoms with Crippen molar-refractivity contribution in [2.24, 2.45) is 23.5 Å². The van der Waals surface area contributed by atoms with Gasteiger partial charge in [-0.1, -0.05) is 33.1 Å². The zero-order valence-corrected chi connectivity index (χ0v) is 13.0. The van der Waals surface area contributed by atoms with Gasteiger partial charge in [0.2, 0.25) is 5.91 Å². The molecule has 1 saturated carbocycles. The summed E-state index contributed by atoms with van der Waals surface area (Å²) in [6.45, 7) is 9.06. The van der Waals surface area contributed by atoms with Crippen molar-refractivity contribution in [3.05, 3.63) is 0 Å². The van der Waals surface area contributed by atoms with E-state index in [9.17, 15) is 4.79 Å². The van der Waals surface area contributed by atoms with Crippen molar-refractivity contribution in [2.75, 3.05) is 19.6 Å². The highest BCUT2D eigenvalue weighted by Crippen LogP contribution is 2.30. The molecule has 2 N–H and O–H groups in total. The molecular weight excluding hydrogens is 236 g/mol. The number of nitrogens with zero attached hydrogens (tertiary/aromatic N) is 1. The fourth-order valence-corrected chi connectivity index (χ4v) is 3.22. The van der Waals surface area contributed by atoms with Crippen molar-refractivity contribution in [3.63, 3.8) is 0 Å². The molecule has 0 heterocycles. The van der Waals surface area contributed by atoms with Crippen LogP contribution < -0.4 is 5.73 Å². The minimum atomic E-state index is 0.233. The van der Waals surface area contributed by atoms with E-state index in [0.717, 1.165) is 45.3 Å². The van der Waals surface area contributed by atoms with Crippen LogP contribution in [0.4, 0.5) is 0 Å². The van der Waals surface area contributed by atoms with Gasteiger partial charge < -0.3 is 10.6 Å². The van der Waals surface area contributed by atoms with Crippen molar-refractivity contribution in [1.29, 1.82) is 0 Å². The lowest BCUT2D eigenvalue weighted by Gasteiger charge is -2.33. The van der Waals surface area contributed by atoms with E-state index in [0.29, 0.717) is 17.7 Å². The zero-order chi connectivity index (χ0) is 14.3. The molecule has 3 nitrogen and oxygen atoms in total. The second kappa shape index (κ2) is 8.57. The first kappa shape index (κ1) is 16.5. The van der Waals surface area contributed by atoms with Crippen molar-refractivity contribution in [3.8, 4) is 0 Å². The van der Waals surface area contributed by atoms with E-state index in [1.807, 2.05) is 0 Å². The third kappa shape index (κ3) is 4.79. The van der Waals surface area contributed by atoms with Gasteiger partial charge >= 0.3 is 0 Å². The van der Waals surface area contributed by atoms with Crippen molar-refractivity contribution >= 4 is 5.91 Å². The smallest absolute Gasteiger partial charge is 0.225 e. The Labute approximate surface area is 118 Å². The van der Waals surface area contributed by atoms with Crippen LogP contribution in [0.1, 0.15) is 59.3 Å². The fraction of sp³-hybridized carbons (Fsp3) is 0.938. The predicted octanol–water partition coefficient (Wildman–Crippen LogP) is 3.04. The highest BCUT2D eigenvalue weighted by molar-refractivity contribution is 5.79. The molecule has 3 heteroatoms. The molecule has 1 fully saturated rings. The van der Waals surface area contributed by atoms with Gasteiger partial charge in [0.1, 0.15) is 0 Å². The molecule has 0 bridgehead atoms. The normalized spacial score (nSPS) is 23.6. The van der Waals surface area contributed by atoms with Gasteiger partial charge in [-0.2, -0.15) is 0 Å². The second-order valence-electron chi connectivity index (χ2n) is 6.02. The topological polar surface area (TPSA) is 46.3 Å². The zero-order valence-electron chi connectivity index (χ0n) is 13.0. The number of amides is 1. The van der Waals surface area contributed by atoms with E-state index in [1.165, 1.54) is 12.8 Å². The van der Waals surface area contributed by atoms with Crippen LogP contribution in [0.5, 0.6) is 0 Å². The SMILES string of the molecule is CCC(CC)CN(CC)C(=O)C1CCCC(CN)C1. The van der Waals surface area contributed by atoms with Crippen LogP contribution in [0.2, 0.25) is 0 Å². The molecule has 0 aliphatic heterocycles. The van der Waals surface area contributed by atoms with Gasteiger partial charge in [0.15, 0.2) is 0 Å². The summed E-state index contributed by atoms with van der Waals surface area (Å²) >= 11 is 0. The minimum absolute atomic E-state index is 0.233. The summed E-state index contributed by atoms with van der Waals surface area (Å²) in [6, 6.07) is 0. The molecule has 1 amide bonds. The first-order valence-electron chi connectivity index (χ1n) is 8.14. The summed E-state index contributed by atoms with van der Waals surface area (Å²) in [6.07, 6.45) is 6.77. The second-order valence-corrected chi connectivity index (χ2v) is 6.02. The first-order valence-corrected chi connectivity index (χ1v) is 8.14. The van der Waals surface area contributed by atoms with Gasteiger partial charge in [0, 0.05) is 19.0 Å². The van der Waals surface area contributed by atoms with E-state index in [2.05, 4.69) is 25.7 Å². The molecule has 0 radical (unpaired) electrons. The maximum absolute atomic E-state index is 12.6. The van der Waals surface area contributed by atoms with Gasteiger partial charge in [0.05, 0.1) is 0 Å². The van der Waals surface area contributed by atoms with Gasteiger partial charge in [-0.3, -0.25) is 4.79 Å². The molecule has 2 atom stereocenters. The molecule has 0 aromatic rings. The van der Waals surface area contributed by atoms with Crippen molar-refractivity contribution in [2.45, 2.75) is 59.3 Å². The first-order chi connectivity index (χ1) is 9.15. The standard InChI is InChI=1S/C16H32N2O/c1-4-13(5-2)12-18(6-3)16(19)15-9-7-8-14(10-15)11-17/h13-15H,4-12,17H2,1-3H3. The number of hydrogen-bond acceptors (Lipinski definition) is 2. The van der Waals surface area contributed by atoms with Gasteiger partial charge in [-0.05, 0) is 44.6 Å². The Hall–Kier alpha value is -0.570. The lowest BCUT2D eigenvalue weighted by molar-refractivity contribution is -0.137. The monoisotopic (exact) mass is 268 g/mol. The minimum Gasteiger partial charge on any atom is -0.342 e. The van der Waals surface area contributed by atoms with Crippen LogP contribution in [-0.2, 0) is 4.79 Å². The Morgan fingerprint density at radius 3 is 2.47 bits per heavy atom. The predicted molar refractivity (Wildman–Crippen MR) is 80.8 cm³/mol. The van der Waals surface area contributed by atoms with Crippen LogP contribution >= 0.6 is 0 Å². The van der Waals surface area contributed by atoms with Crippen molar-refractivity contribution < 1.29 is 4.79 Å². The number of carbonyl (C=O) groups excluding carboxylic acids is 1. The van der Waals surface area contributed by atoms with Gasteiger partial charge in [0.25, 0.3) is 0 Å². The van der Waals surface area contributed by atoms with E-state index >= 15 is 0 Å². The number of hydrogen-bond donors (Lipinski definition) is 1. The van der Waals surface area contributed by atoms with Gasteiger partial charge in [-0.15, -0.1) is 0 Å². The highest BCUT2D eigenvalue weighted by Gasteiger charge is 2.29. The summed E-state index contributed by atoms with van der Waals surface area (Å²) in [5, 5.41) is 0. The van der Waals surface area contributed by atoms with Crippen LogP contribution in [0.25, 0.3) is 0 Å². The summed E-state index contributed by atoms with van der Waals surface area (Å²) in [5.74, 6) is 1.83. The molecule has 112 valence electrons. The largest absolute Gasteiger partial charge is 0.342 e. The lowest BCUT2D eigenvalue weighted by atomic mass is 9.80. The summed E-state index contributed by atoms with van der Waals surface area (Å²) in [4.78, 5) is 14.7. The van der Waals surface area contributed by atoms with E-state index < -0.39 is 0 Å². The maximum atomic E-state index is 12.6. The molecule has 0 saturated heterocycles. The molecule has 0 spiro atoms. The van der Waals surface area contributed by atoms with Crippen LogP contribution in [0, 0.1) is 17.8 Å². The summed E-state index contributed by atoms with van der Waals surface area (Å²) < 4.78 is 0. The quantitative estimate of drug-likeness (QED) is 0.771. The third-order valence-electron chi connectivity index (χ3n) is 4.79. The summed E-state index contributed by atoms with van der Waals surface area (Å²) in [5.41, 5.74) is 5.77. The van der Waals surface area contributed by atoms with E-state index in [-0.39, 0.29) is 5.92 Å². The summed E-state index contributed by atoms with van der Waals surface area (Å²) in [7, 11) is 0. The number of rotatable bonds is 7. The molecule has 1 rings (SSSR count). The Kier molecular flexibility index (Phi) is 7.44. The molecule has 0 aromatic carbocycles. The maximum Gasteiger partial charge on any atom is 0.225 e. The Bertz CT molecular complexity index is 263. The average molecular weight is 268 g/mol. The lowest BCUT2D eigenvalue weighted by Crippen LogP contribution is -2.41. The van der Waals surface area contributed by atoms with Crippen LogP contribution in [0.3, 0.4) is 0 Å². The van der Waals surface area contributed by atoms with Gasteiger partial charge in [-0.25, -0.2) is 0 Å². The van der Waals surface area contributed by atoms with Crippen LogP contribution in [0.15, 0.2) is 0 Å². The number of nitrogens with two attached hydrogens (primary N) is 1. The fourth-order valence-electron chi connectivity index (χ4n) is 3.22.